The highest BCUT2D eigenvalue weighted by Gasteiger charge is 2.28. The third-order valence-corrected chi connectivity index (χ3v) is 4.14. The van der Waals surface area contributed by atoms with Crippen LogP contribution in [0.4, 0.5) is 0 Å². The van der Waals surface area contributed by atoms with Gasteiger partial charge in [0, 0.05) is 17.3 Å². The Labute approximate surface area is 125 Å². The number of rotatable bonds is 3. The molecule has 1 aliphatic rings. The van der Waals surface area contributed by atoms with Gasteiger partial charge in [-0.15, -0.1) is 0 Å². The van der Waals surface area contributed by atoms with Gasteiger partial charge in [0.2, 0.25) is 5.89 Å². The Kier molecular flexibility index (Phi) is 3.96. The molecule has 1 aromatic carbocycles. The maximum Gasteiger partial charge on any atom is 0.237 e. The lowest BCUT2D eigenvalue weighted by molar-refractivity contribution is -0.122. The lowest BCUT2D eigenvalue weighted by Gasteiger charge is -2.16. The number of hydrogen-bond donors (Lipinski definition) is 0. The average molecular weight is 335 g/mol. The zero-order chi connectivity index (χ0) is 13.9. The predicted octanol–water partition coefficient (Wildman–Crippen LogP) is 3.65. The molecule has 0 spiro atoms. The van der Waals surface area contributed by atoms with E-state index in [0.29, 0.717) is 24.6 Å². The minimum absolute atomic E-state index is 0.185. The maximum absolute atomic E-state index is 11.9. The summed E-state index contributed by atoms with van der Waals surface area (Å²) in [7, 11) is 0. The van der Waals surface area contributed by atoms with Gasteiger partial charge in [-0.1, -0.05) is 39.6 Å². The molecule has 1 unspecified atom stereocenters. The van der Waals surface area contributed by atoms with Crippen molar-refractivity contribution in [2.24, 2.45) is 0 Å². The van der Waals surface area contributed by atoms with Crippen molar-refractivity contribution in [3.8, 4) is 0 Å². The van der Waals surface area contributed by atoms with E-state index in [2.05, 4.69) is 26.1 Å². The fraction of sp³-hybridized carbons (Fsp3) is 0.400. The van der Waals surface area contributed by atoms with Crippen LogP contribution in [0.5, 0.6) is 0 Å². The summed E-state index contributed by atoms with van der Waals surface area (Å²) in [6.07, 6.45) is 4.13. The van der Waals surface area contributed by atoms with Crippen molar-refractivity contribution in [2.75, 3.05) is 0 Å². The Morgan fingerprint density at radius 2 is 2.05 bits per heavy atom. The quantitative estimate of drug-likeness (QED) is 0.859. The molecule has 0 radical (unpaired) electrons. The molecule has 0 aliphatic heterocycles. The van der Waals surface area contributed by atoms with Gasteiger partial charge in [-0.25, -0.2) is 0 Å². The highest BCUT2D eigenvalue weighted by atomic mass is 79.9. The number of carbonyl (C=O) groups excluding carboxylic acids is 1. The van der Waals surface area contributed by atoms with Gasteiger partial charge in [0.15, 0.2) is 5.82 Å². The van der Waals surface area contributed by atoms with Gasteiger partial charge in [0.25, 0.3) is 0 Å². The average Bonchev–Trinajstić information content (AvgIpc) is 2.90. The summed E-state index contributed by atoms with van der Waals surface area (Å²) < 4.78 is 6.32. The largest absolute Gasteiger partial charge is 0.339 e. The molecule has 5 heteroatoms. The molecule has 1 fully saturated rings. The Hall–Kier alpha value is -1.49. The van der Waals surface area contributed by atoms with Crippen molar-refractivity contribution in [1.29, 1.82) is 0 Å². The van der Waals surface area contributed by atoms with E-state index < -0.39 is 0 Å². The van der Waals surface area contributed by atoms with Crippen LogP contribution in [0, 0.1) is 0 Å². The van der Waals surface area contributed by atoms with Gasteiger partial charge >= 0.3 is 0 Å². The molecular weight excluding hydrogens is 320 g/mol. The molecule has 1 atom stereocenters. The minimum Gasteiger partial charge on any atom is -0.339 e. The lowest BCUT2D eigenvalue weighted by atomic mass is 9.88. The van der Waals surface area contributed by atoms with E-state index in [9.17, 15) is 4.79 Å². The molecule has 0 saturated heterocycles. The summed E-state index contributed by atoms with van der Waals surface area (Å²) in [5.74, 6) is 1.17. The zero-order valence-electron chi connectivity index (χ0n) is 11.0. The molecule has 1 saturated carbocycles. The van der Waals surface area contributed by atoms with E-state index in [1.165, 1.54) is 0 Å². The van der Waals surface area contributed by atoms with Gasteiger partial charge in [-0.05, 0) is 30.5 Å². The van der Waals surface area contributed by atoms with Crippen LogP contribution >= 0.6 is 15.9 Å². The first-order valence-electron chi connectivity index (χ1n) is 6.82. The summed E-state index contributed by atoms with van der Waals surface area (Å²) in [4.78, 5) is 16.3. The van der Waals surface area contributed by atoms with E-state index in [-0.39, 0.29) is 11.7 Å². The molecule has 0 amide bonds. The molecule has 104 valence electrons. The van der Waals surface area contributed by atoms with Crippen LogP contribution in [0.3, 0.4) is 0 Å². The smallest absolute Gasteiger partial charge is 0.237 e. The number of halogens is 1. The van der Waals surface area contributed by atoms with Crippen LogP contribution in [0.15, 0.2) is 33.3 Å². The first-order valence-corrected chi connectivity index (χ1v) is 7.61. The SMILES string of the molecule is O=C1CCCCC1c1nc(Cc2ccc(Br)cc2)no1. The highest BCUT2D eigenvalue weighted by Crippen LogP contribution is 2.29. The summed E-state index contributed by atoms with van der Waals surface area (Å²) >= 11 is 3.41. The number of hydrogen-bond acceptors (Lipinski definition) is 4. The molecule has 0 bridgehead atoms. The van der Waals surface area contributed by atoms with E-state index >= 15 is 0 Å². The van der Waals surface area contributed by atoms with Crippen molar-refractivity contribution in [1.82, 2.24) is 10.1 Å². The van der Waals surface area contributed by atoms with Crippen molar-refractivity contribution in [3.63, 3.8) is 0 Å². The van der Waals surface area contributed by atoms with Crippen LogP contribution < -0.4 is 0 Å². The molecule has 1 aliphatic carbocycles. The van der Waals surface area contributed by atoms with Gasteiger partial charge in [-0.2, -0.15) is 4.98 Å². The second kappa shape index (κ2) is 5.87. The molecular formula is C15H15BrN2O2. The number of aromatic nitrogens is 2. The molecule has 0 N–H and O–H groups in total. The highest BCUT2D eigenvalue weighted by molar-refractivity contribution is 9.10. The normalized spacial score (nSPS) is 19.2. The first kappa shape index (κ1) is 13.5. The Bertz CT molecular complexity index is 607. The Morgan fingerprint density at radius 1 is 1.25 bits per heavy atom. The predicted molar refractivity (Wildman–Crippen MR) is 77.5 cm³/mol. The number of carbonyl (C=O) groups is 1. The fourth-order valence-electron chi connectivity index (χ4n) is 2.51. The minimum atomic E-state index is -0.185. The second-order valence-corrected chi connectivity index (χ2v) is 6.03. The summed E-state index contributed by atoms with van der Waals surface area (Å²) in [5, 5.41) is 3.99. The maximum atomic E-state index is 11.9. The van der Waals surface area contributed by atoms with Crippen LogP contribution in [-0.4, -0.2) is 15.9 Å². The third kappa shape index (κ3) is 2.98. The van der Waals surface area contributed by atoms with Crippen molar-refractivity contribution >= 4 is 21.7 Å². The van der Waals surface area contributed by atoms with Crippen LogP contribution in [0.25, 0.3) is 0 Å². The van der Waals surface area contributed by atoms with Gasteiger partial charge in [0.1, 0.15) is 5.78 Å². The number of benzene rings is 1. The van der Waals surface area contributed by atoms with E-state index in [4.69, 9.17) is 4.52 Å². The topological polar surface area (TPSA) is 56.0 Å². The molecule has 4 nitrogen and oxygen atoms in total. The second-order valence-electron chi connectivity index (χ2n) is 5.12. The van der Waals surface area contributed by atoms with Crippen LogP contribution in [-0.2, 0) is 11.2 Å². The van der Waals surface area contributed by atoms with Crippen LogP contribution in [0.2, 0.25) is 0 Å². The van der Waals surface area contributed by atoms with Crippen molar-refractivity contribution in [2.45, 2.75) is 38.0 Å². The van der Waals surface area contributed by atoms with Crippen molar-refractivity contribution < 1.29 is 9.32 Å². The molecule has 1 heterocycles. The molecule has 2 aromatic rings. The monoisotopic (exact) mass is 334 g/mol. The van der Waals surface area contributed by atoms with Gasteiger partial charge < -0.3 is 4.52 Å². The van der Waals surface area contributed by atoms with Gasteiger partial charge in [0.05, 0.1) is 5.92 Å². The number of Topliss-reactive ketones (excluding diaryl/α,β-unsaturated/α-hetero) is 1. The summed E-state index contributed by atoms with van der Waals surface area (Å²) in [6, 6.07) is 8.01. The number of ketones is 1. The third-order valence-electron chi connectivity index (χ3n) is 3.61. The Balaban J connectivity index is 1.73. The standard InChI is InChI=1S/C15H15BrN2O2/c16-11-7-5-10(6-8-11)9-14-17-15(20-18-14)12-3-1-2-4-13(12)19/h5-8,12H,1-4,9H2. The molecule has 3 rings (SSSR count). The van der Waals surface area contributed by atoms with Crippen molar-refractivity contribution in [3.05, 3.63) is 46.0 Å². The van der Waals surface area contributed by atoms with Crippen LogP contribution in [0.1, 0.15) is 48.9 Å². The fourth-order valence-corrected chi connectivity index (χ4v) is 2.77. The first-order chi connectivity index (χ1) is 9.72. The van der Waals surface area contributed by atoms with E-state index in [1.54, 1.807) is 0 Å². The summed E-state index contributed by atoms with van der Waals surface area (Å²) in [6.45, 7) is 0. The van der Waals surface area contributed by atoms with Gasteiger partial charge in [-0.3, -0.25) is 4.79 Å². The zero-order valence-corrected chi connectivity index (χ0v) is 12.6. The molecule has 20 heavy (non-hydrogen) atoms. The van der Waals surface area contributed by atoms with E-state index in [1.807, 2.05) is 24.3 Å². The summed E-state index contributed by atoms with van der Waals surface area (Å²) in [5.41, 5.74) is 1.12. The number of nitrogens with zero attached hydrogens (tertiary/aromatic N) is 2. The molecule has 1 aromatic heterocycles. The lowest BCUT2D eigenvalue weighted by Crippen LogP contribution is -2.17. The van der Waals surface area contributed by atoms with E-state index in [0.717, 1.165) is 29.3 Å². The Morgan fingerprint density at radius 3 is 2.80 bits per heavy atom.